The van der Waals surface area contributed by atoms with E-state index >= 15 is 0 Å². The Morgan fingerprint density at radius 3 is 2.80 bits per heavy atom. The van der Waals surface area contributed by atoms with Crippen molar-refractivity contribution in [2.45, 2.75) is 6.92 Å². The van der Waals surface area contributed by atoms with Crippen LogP contribution in [0, 0.1) is 6.92 Å². The number of nitrogen functional groups attached to an aromatic ring is 1. The third-order valence-corrected chi connectivity index (χ3v) is 2.30. The third-order valence-electron chi connectivity index (χ3n) is 2.30. The number of aromatic nitrogens is 2. The Hall–Kier alpha value is -1.97. The molecule has 0 aliphatic rings. The van der Waals surface area contributed by atoms with Crippen molar-refractivity contribution in [1.82, 2.24) is 9.97 Å². The summed E-state index contributed by atoms with van der Waals surface area (Å²) in [6, 6.07) is 5.95. The number of nitrogens with two attached hydrogens (primary N) is 1. The van der Waals surface area contributed by atoms with Gasteiger partial charge in [-0.3, -0.25) is 0 Å². The first-order valence-electron chi connectivity index (χ1n) is 4.67. The van der Waals surface area contributed by atoms with Crippen LogP contribution in [0.25, 0.3) is 11.3 Å². The van der Waals surface area contributed by atoms with E-state index < -0.39 is 0 Å². The van der Waals surface area contributed by atoms with Crippen molar-refractivity contribution in [2.24, 2.45) is 0 Å². The summed E-state index contributed by atoms with van der Waals surface area (Å²) >= 11 is 0. The number of ether oxygens (including phenoxy) is 1. The molecule has 0 atom stereocenters. The number of H-pyrrole nitrogens is 1. The van der Waals surface area contributed by atoms with Gasteiger partial charge in [-0.1, -0.05) is 12.1 Å². The average molecular weight is 203 g/mol. The molecule has 0 aliphatic carbocycles. The van der Waals surface area contributed by atoms with E-state index in [0.717, 1.165) is 22.6 Å². The van der Waals surface area contributed by atoms with Crippen LogP contribution in [0.3, 0.4) is 0 Å². The summed E-state index contributed by atoms with van der Waals surface area (Å²) in [7, 11) is 1.66. The Labute approximate surface area is 88.1 Å². The van der Waals surface area contributed by atoms with E-state index in [2.05, 4.69) is 9.97 Å². The van der Waals surface area contributed by atoms with Gasteiger partial charge in [-0.15, -0.1) is 0 Å². The molecule has 0 unspecified atom stereocenters. The smallest absolute Gasteiger partial charge is 0.197 e. The van der Waals surface area contributed by atoms with E-state index in [1.807, 2.05) is 25.1 Å². The molecule has 3 N–H and O–H groups in total. The standard InChI is InChI=1S/C11H13N3O/c1-7-4-3-5-8(10(7)15-2)9-6-13-11(12)14-9/h3-6H,1-2H3,(H3,12,13,14). The highest BCUT2D eigenvalue weighted by Gasteiger charge is 2.09. The Balaban J connectivity index is 2.57. The zero-order valence-corrected chi connectivity index (χ0v) is 8.74. The predicted molar refractivity (Wildman–Crippen MR) is 59.7 cm³/mol. The molecule has 2 rings (SSSR count). The number of rotatable bonds is 2. The van der Waals surface area contributed by atoms with Gasteiger partial charge in [0, 0.05) is 5.56 Å². The third kappa shape index (κ3) is 1.66. The molecule has 4 heteroatoms. The van der Waals surface area contributed by atoms with Crippen molar-refractivity contribution in [3.63, 3.8) is 0 Å². The monoisotopic (exact) mass is 203 g/mol. The van der Waals surface area contributed by atoms with Crippen molar-refractivity contribution < 1.29 is 4.74 Å². The van der Waals surface area contributed by atoms with Crippen LogP contribution in [-0.2, 0) is 0 Å². The zero-order chi connectivity index (χ0) is 10.8. The molecule has 0 aliphatic heterocycles. The first-order chi connectivity index (χ1) is 7.22. The van der Waals surface area contributed by atoms with Crippen LogP contribution < -0.4 is 10.5 Å². The van der Waals surface area contributed by atoms with Crippen LogP contribution in [0.5, 0.6) is 5.75 Å². The molecule has 0 saturated carbocycles. The number of aromatic amines is 1. The number of anilines is 1. The van der Waals surface area contributed by atoms with Gasteiger partial charge in [-0.2, -0.15) is 0 Å². The molecule has 78 valence electrons. The van der Waals surface area contributed by atoms with Crippen molar-refractivity contribution in [2.75, 3.05) is 12.8 Å². The van der Waals surface area contributed by atoms with E-state index in [0.29, 0.717) is 5.95 Å². The summed E-state index contributed by atoms with van der Waals surface area (Å²) in [5, 5.41) is 0. The average Bonchev–Trinajstić information content (AvgIpc) is 2.64. The highest BCUT2D eigenvalue weighted by Crippen LogP contribution is 2.31. The molecule has 0 fully saturated rings. The quantitative estimate of drug-likeness (QED) is 0.784. The summed E-state index contributed by atoms with van der Waals surface area (Å²) < 4.78 is 5.35. The van der Waals surface area contributed by atoms with Gasteiger partial charge in [0.25, 0.3) is 0 Å². The molecule has 0 amide bonds. The Kier molecular flexibility index (Phi) is 2.33. The van der Waals surface area contributed by atoms with Gasteiger partial charge in [0.05, 0.1) is 19.0 Å². The van der Waals surface area contributed by atoms with Gasteiger partial charge < -0.3 is 15.5 Å². The number of para-hydroxylation sites is 1. The van der Waals surface area contributed by atoms with Crippen LogP contribution >= 0.6 is 0 Å². The van der Waals surface area contributed by atoms with E-state index in [9.17, 15) is 0 Å². The Bertz CT molecular complexity index is 476. The molecule has 1 aromatic carbocycles. The topological polar surface area (TPSA) is 63.9 Å². The summed E-state index contributed by atoms with van der Waals surface area (Å²) in [6.07, 6.45) is 1.70. The maximum atomic E-state index is 5.54. The maximum absolute atomic E-state index is 5.54. The van der Waals surface area contributed by atoms with Gasteiger partial charge in [0.1, 0.15) is 5.75 Å². The SMILES string of the molecule is COc1c(C)cccc1-c1cnc(N)[nH]1. The van der Waals surface area contributed by atoms with Gasteiger partial charge in [-0.05, 0) is 18.6 Å². The van der Waals surface area contributed by atoms with Gasteiger partial charge in [0.15, 0.2) is 5.95 Å². The lowest BCUT2D eigenvalue weighted by atomic mass is 10.1. The second kappa shape index (κ2) is 3.65. The molecule has 1 aromatic heterocycles. The van der Waals surface area contributed by atoms with Gasteiger partial charge in [0.2, 0.25) is 0 Å². The van der Waals surface area contributed by atoms with Crippen LogP contribution in [0.15, 0.2) is 24.4 Å². The Morgan fingerprint density at radius 2 is 2.20 bits per heavy atom. The minimum Gasteiger partial charge on any atom is -0.496 e. The summed E-state index contributed by atoms with van der Waals surface area (Å²) in [5.74, 6) is 1.26. The first-order valence-corrected chi connectivity index (χ1v) is 4.67. The lowest BCUT2D eigenvalue weighted by Gasteiger charge is -2.09. The molecular weight excluding hydrogens is 190 g/mol. The van der Waals surface area contributed by atoms with Crippen LogP contribution in [-0.4, -0.2) is 17.1 Å². The number of benzene rings is 1. The van der Waals surface area contributed by atoms with Crippen molar-refractivity contribution in [1.29, 1.82) is 0 Å². The van der Waals surface area contributed by atoms with Crippen molar-refractivity contribution >= 4 is 5.95 Å². The van der Waals surface area contributed by atoms with E-state index in [4.69, 9.17) is 10.5 Å². The molecule has 1 heterocycles. The normalized spacial score (nSPS) is 10.3. The number of aryl methyl sites for hydroxylation is 1. The molecule has 15 heavy (non-hydrogen) atoms. The highest BCUT2D eigenvalue weighted by atomic mass is 16.5. The van der Waals surface area contributed by atoms with Gasteiger partial charge >= 0.3 is 0 Å². The number of nitrogens with one attached hydrogen (secondary N) is 1. The molecule has 2 aromatic rings. The minimum absolute atomic E-state index is 0.411. The van der Waals surface area contributed by atoms with Crippen molar-refractivity contribution in [3.05, 3.63) is 30.0 Å². The van der Waals surface area contributed by atoms with Crippen LogP contribution in [0.4, 0.5) is 5.95 Å². The number of hydrogen-bond acceptors (Lipinski definition) is 3. The summed E-state index contributed by atoms with van der Waals surface area (Å²) in [4.78, 5) is 6.95. The zero-order valence-electron chi connectivity index (χ0n) is 8.74. The second-order valence-corrected chi connectivity index (χ2v) is 3.34. The van der Waals surface area contributed by atoms with Crippen LogP contribution in [0.2, 0.25) is 0 Å². The van der Waals surface area contributed by atoms with E-state index in [-0.39, 0.29) is 0 Å². The fourth-order valence-electron chi connectivity index (χ4n) is 1.61. The Morgan fingerprint density at radius 1 is 1.40 bits per heavy atom. The maximum Gasteiger partial charge on any atom is 0.197 e. The number of methoxy groups -OCH3 is 1. The molecule has 0 saturated heterocycles. The molecule has 0 radical (unpaired) electrons. The molecule has 0 bridgehead atoms. The number of nitrogens with zero attached hydrogens (tertiary/aromatic N) is 1. The van der Waals surface area contributed by atoms with Gasteiger partial charge in [-0.25, -0.2) is 4.98 Å². The lowest BCUT2D eigenvalue weighted by Crippen LogP contribution is -1.91. The molecule has 4 nitrogen and oxygen atoms in total. The number of imidazole rings is 1. The second-order valence-electron chi connectivity index (χ2n) is 3.34. The predicted octanol–water partition coefficient (Wildman–Crippen LogP) is 1.98. The molecule has 0 spiro atoms. The summed E-state index contributed by atoms with van der Waals surface area (Å²) in [6.45, 7) is 2.00. The summed E-state index contributed by atoms with van der Waals surface area (Å²) in [5.41, 5.74) is 8.47. The lowest BCUT2D eigenvalue weighted by molar-refractivity contribution is 0.413. The first kappa shape index (κ1) is 9.58. The van der Waals surface area contributed by atoms with Crippen molar-refractivity contribution in [3.8, 4) is 17.0 Å². The molecular formula is C11H13N3O. The van der Waals surface area contributed by atoms with E-state index in [1.165, 1.54) is 0 Å². The number of hydrogen-bond donors (Lipinski definition) is 2. The fraction of sp³-hybridized carbons (Fsp3) is 0.182. The largest absolute Gasteiger partial charge is 0.496 e. The highest BCUT2D eigenvalue weighted by molar-refractivity contribution is 5.69. The van der Waals surface area contributed by atoms with Crippen LogP contribution in [0.1, 0.15) is 5.56 Å². The fourth-order valence-corrected chi connectivity index (χ4v) is 1.61. The minimum atomic E-state index is 0.411. The van der Waals surface area contributed by atoms with E-state index in [1.54, 1.807) is 13.3 Å².